The van der Waals surface area contributed by atoms with Crippen LogP contribution < -0.4 is 19.5 Å². The van der Waals surface area contributed by atoms with Gasteiger partial charge in [-0.1, -0.05) is 18.2 Å². The molecule has 0 aliphatic carbocycles. The number of benzene rings is 2. The molecule has 2 heterocycles. The first-order valence-corrected chi connectivity index (χ1v) is 9.34. The highest BCUT2D eigenvalue weighted by atomic mass is 16.5. The summed E-state index contributed by atoms with van der Waals surface area (Å²) >= 11 is 0. The van der Waals surface area contributed by atoms with Gasteiger partial charge in [0.1, 0.15) is 6.04 Å². The van der Waals surface area contributed by atoms with Gasteiger partial charge in [0.05, 0.1) is 34.5 Å². The second-order valence-corrected chi connectivity index (χ2v) is 6.90. The van der Waals surface area contributed by atoms with Crippen molar-refractivity contribution in [3.63, 3.8) is 0 Å². The maximum absolute atomic E-state index is 12.4. The molecule has 1 aromatic heterocycles. The van der Waals surface area contributed by atoms with Crippen LogP contribution in [0.2, 0.25) is 0 Å². The molecule has 0 fully saturated rings. The number of nitrogens with one attached hydrogen (secondary N) is 2. The molecule has 152 valence electrons. The summed E-state index contributed by atoms with van der Waals surface area (Å²) in [5, 5.41) is 4.53. The molecule has 3 aromatic rings. The number of para-hydroxylation sites is 1. The van der Waals surface area contributed by atoms with Crippen molar-refractivity contribution in [1.29, 1.82) is 0 Å². The highest BCUT2D eigenvalue weighted by Gasteiger charge is 2.35. The zero-order valence-corrected chi connectivity index (χ0v) is 16.9. The van der Waals surface area contributed by atoms with Crippen LogP contribution in [0.25, 0.3) is 10.9 Å². The Morgan fingerprint density at radius 1 is 1.00 bits per heavy atom. The number of esters is 1. The van der Waals surface area contributed by atoms with Crippen LogP contribution in [0.4, 0.5) is 0 Å². The minimum Gasteiger partial charge on any atom is -0.493 e. The SMILES string of the molecule is COC(=O)[C@@H]1Cc2c([nH]c3ccccc23)C(c2cc(OC)c(OC)c(OC)c2)N1. The number of aromatic nitrogens is 1. The van der Waals surface area contributed by atoms with E-state index in [-0.39, 0.29) is 12.0 Å². The molecule has 1 aliphatic heterocycles. The van der Waals surface area contributed by atoms with Crippen molar-refractivity contribution in [2.45, 2.75) is 18.5 Å². The minimum atomic E-state index is -0.462. The Hall–Kier alpha value is -3.19. The summed E-state index contributed by atoms with van der Waals surface area (Å²) in [5.74, 6) is 1.34. The van der Waals surface area contributed by atoms with Crippen LogP contribution in [-0.4, -0.2) is 45.4 Å². The molecule has 0 saturated carbocycles. The van der Waals surface area contributed by atoms with Gasteiger partial charge in [0.15, 0.2) is 11.5 Å². The standard InChI is InChI=1S/C22H24N2O5/c1-26-17-9-12(10-18(27-2)21(17)28-3)19-20-14(11-16(24-19)22(25)29-4)13-7-5-6-8-15(13)23-20/h5-10,16,19,23-24H,11H2,1-4H3/t16-,19?/m0/s1. The Labute approximate surface area is 168 Å². The molecule has 2 N–H and O–H groups in total. The van der Waals surface area contributed by atoms with E-state index in [9.17, 15) is 4.79 Å². The molecule has 0 bridgehead atoms. The second-order valence-electron chi connectivity index (χ2n) is 6.90. The summed E-state index contributed by atoms with van der Waals surface area (Å²) in [4.78, 5) is 15.9. The van der Waals surface area contributed by atoms with Gasteiger partial charge in [-0.25, -0.2) is 0 Å². The highest BCUT2D eigenvalue weighted by molar-refractivity contribution is 5.87. The molecule has 1 aliphatic rings. The average molecular weight is 396 g/mol. The number of carbonyl (C=O) groups excluding carboxylic acids is 1. The summed E-state index contributed by atoms with van der Waals surface area (Å²) in [6, 6.07) is 11.1. The third kappa shape index (κ3) is 3.17. The number of methoxy groups -OCH3 is 4. The third-order valence-electron chi connectivity index (χ3n) is 5.42. The van der Waals surface area contributed by atoms with Gasteiger partial charge in [-0.15, -0.1) is 0 Å². The van der Waals surface area contributed by atoms with Crippen molar-refractivity contribution < 1.29 is 23.7 Å². The maximum Gasteiger partial charge on any atom is 0.323 e. The van der Waals surface area contributed by atoms with Crippen molar-refractivity contribution >= 4 is 16.9 Å². The first kappa shape index (κ1) is 19.1. The molecule has 4 rings (SSSR count). The van der Waals surface area contributed by atoms with Gasteiger partial charge in [0.25, 0.3) is 0 Å². The second kappa shape index (κ2) is 7.67. The van der Waals surface area contributed by atoms with E-state index >= 15 is 0 Å². The van der Waals surface area contributed by atoms with E-state index in [4.69, 9.17) is 18.9 Å². The Bertz CT molecular complexity index is 1030. The lowest BCUT2D eigenvalue weighted by Crippen LogP contribution is -2.45. The predicted octanol–water partition coefficient (Wildman–Crippen LogP) is 2.97. The van der Waals surface area contributed by atoms with Crippen LogP contribution in [0.3, 0.4) is 0 Å². The summed E-state index contributed by atoms with van der Waals surface area (Å²) < 4.78 is 21.5. The molecule has 2 aromatic carbocycles. The van der Waals surface area contributed by atoms with E-state index in [0.29, 0.717) is 23.7 Å². The molecule has 7 heteroatoms. The molecule has 0 saturated heterocycles. The third-order valence-corrected chi connectivity index (χ3v) is 5.42. The summed E-state index contributed by atoms with van der Waals surface area (Å²) in [6.07, 6.45) is 0.549. The Balaban J connectivity index is 1.90. The van der Waals surface area contributed by atoms with Crippen LogP contribution >= 0.6 is 0 Å². The topological polar surface area (TPSA) is 81.8 Å². The first-order valence-electron chi connectivity index (χ1n) is 9.34. The van der Waals surface area contributed by atoms with Crippen molar-refractivity contribution in [3.8, 4) is 17.2 Å². The van der Waals surface area contributed by atoms with Gasteiger partial charge in [-0.3, -0.25) is 10.1 Å². The number of aromatic amines is 1. The number of rotatable bonds is 5. The van der Waals surface area contributed by atoms with Crippen LogP contribution in [0.15, 0.2) is 36.4 Å². The number of ether oxygens (including phenoxy) is 4. The predicted molar refractivity (Wildman–Crippen MR) is 109 cm³/mol. The average Bonchev–Trinajstić information content (AvgIpc) is 3.15. The number of fused-ring (bicyclic) bond motifs is 3. The minimum absolute atomic E-state index is 0.274. The van der Waals surface area contributed by atoms with Crippen molar-refractivity contribution in [2.24, 2.45) is 0 Å². The maximum atomic E-state index is 12.4. The van der Waals surface area contributed by atoms with Gasteiger partial charge in [0, 0.05) is 23.0 Å². The molecule has 1 unspecified atom stereocenters. The number of H-pyrrole nitrogens is 1. The molecule has 0 amide bonds. The lowest BCUT2D eigenvalue weighted by molar-refractivity contribution is -0.143. The number of hydrogen-bond donors (Lipinski definition) is 2. The number of hydrogen-bond acceptors (Lipinski definition) is 6. The summed E-state index contributed by atoms with van der Waals surface area (Å²) in [7, 11) is 6.15. The fraction of sp³-hybridized carbons (Fsp3) is 0.318. The van der Waals surface area contributed by atoms with Crippen LogP contribution in [0, 0.1) is 0 Å². The molecule has 7 nitrogen and oxygen atoms in total. The normalized spacial score (nSPS) is 18.2. The van der Waals surface area contributed by atoms with Gasteiger partial charge in [0.2, 0.25) is 5.75 Å². The fourth-order valence-electron chi connectivity index (χ4n) is 4.06. The van der Waals surface area contributed by atoms with E-state index in [1.807, 2.05) is 30.3 Å². The smallest absolute Gasteiger partial charge is 0.323 e. The van der Waals surface area contributed by atoms with Crippen molar-refractivity contribution in [2.75, 3.05) is 28.4 Å². The molecule has 29 heavy (non-hydrogen) atoms. The molecule has 0 radical (unpaired) electrons. The zero-order chi connectivity index (χ0) is 20.5. The van der Waals surface area contributed by atoms with E-state index in [2.05, 4.69) is 16.4 Å². The molecule has 2 atom stereocenters. The van der Waals surface area contributed by atoms with Gasteiger partial charge in [-0.2, -0.15) is 0 Å². The van der Waals surface area contributed by atoms with Crippen LogP contribution in [-0.2, 0) is 16.0 Å². The zero-order valence-electron chi connectivity index (χ0n) is 16.9. The lowest BCUT2D eigenvalue weighted by atomic mass is 9.90. The van der Waals surface area contributed by atoms with Gasteiger partial charge in [-0.05, 0) is 29.3 Å². The van der Waals surface area contributed by atoms with Crippen molar-refractivity contribution in [1.82, 2.24) is 10.3 Å². The first-order chi connectivity index (χ1) is 14.1. The highest BCUT2D eigenvalue weighted by Crippen LogP contribution is 2.43. The van der Waals surface area contributed by atoms with Gasteiger partial charge >= 0.3 is 5.97 Å². The van der Waals surface area contributed by atoms with E-state index < -0.39 is 6.04 Å². The van der Waals surface area contributed by atoms with Crippen LogP contribution in [0.1, 0.15) is 22.9 Å². The van der Waals surface area contributed by atoms with Gasteiger partial charge < -0.3 is 23.9 Å². The van der Waals surface area contributed by atoms with Crippen molar-refractivity contribution in [3.05, 3.63) is 53.2 Å². The fourth-order valence-corrected chi connectivity index (χ4v) is 4.06. The summed E-state index contributed by atoms with van der Waals surface area (Å²) in [5.41, 5.74) is 4.04. The van der Waals surface area contributed by atoms with E-state index in [1.54, 1.807) is 21.3 Å². The van der Waals surface area contributed by atoms with Crippen LogP contribution in [0.5, 0.6) is 17.2 Å². The van der Waals surface area contributed by atoms with E-state index in [0.717, 1.165) is 27.7 Å². The summed E-state index contributed by atoms with van der Waals surface area (Å²) in [6.45, 7) is 0. The largest absolute Gasteiger partial charge is 0.493 e. The Morgan fingerprint density at radius 3 is 2.31 bits per heavy atom. The molecular formula is C22H24N2O5. The van der Waals surface area contributed by atoms with E-state index in [1.165, 1.54) is 7.11 Å². The molecule has 0 spiro atoms. The quantitative estimate of drug-likeness (QED) is 0.646. The molecular weight excluding hydrogens is 372 g/mol. The monoisotopic (exact) mass is 396 g/mol. The Morgan fingerprint density at radius 2 is 1.69 bits per heavy atom. The Kier molecular flexibility index (Phi) is 5.07. The lowest BCUT2D eigenvalue weighted by Gasteiger charge is -2.31. The number of carbonyl (C=O) groups is 1.